The number of hydrogen-bond donors (Lipinski definition) is 1. The summed E-state index contributed by atoms with van der Waals surface area (Å²) in [6, 6.07) is 0. The Balaban J connectivity index is 2.38. The fourth-order valence-corrected chi connectivity index (χ4v) is 1.12. The van der Waals surface area contributed by atoms with Crippen LogP contribution in [0.2, 0.25) is 0 Å². The van der Waals surface area contributed by atoms with Crippen molar-refractivity contribution in [3.63, 3.8) is 0 Å². The molecule has 0 heterocycles. The molecule has 0 spiro atoms. The van der Waals surface area contributed by atoms with Gasteiger partial charge in [0.05, 0.1) is 0 Å². The third-order valence-corrected chi connectivity index (χ3v) is 1.92. The molecule has 0 unspecified atom stereocenters. The van der Waals surface area contributed by atoms with Gasteiger partial charge in [0.15, 0.2) is 6.29 Å². The second-order valence-electron chi connectivity index (χ2n) is 3.27. The van der Waals surface area contributed by atoms with E-state index >= 15 is 0 Å². The van der Waals surface area contributed by atoms with Crippen molar-refractivity contribution < 1.29 is 4.79 Å². The number of allylic oxidation sites excluding steroid dienone is 1. The van der Waals surface area contributed by atoms with Gasteiger partial charge in [0.1, 0.15) is 0 Å². The van der Waals surface area contributed by atoms with E-state index in [4.69, 9.17) is 5.41 Å². The summed E-state index contributed by atoms with van der Waals surface area (Å²) in [6.45, 7) is 1.01. The van der Waals surface area contributed by atoms with Gasteiger partial charge in [0.2, 0.25) is 0 Å². The molecule has 1 saturated carbocycles. The van der Waals surface area contributed by atoms with Crippen LogP contribution in [0.15, 0.2) is 11.8 Å². The van der Waals surface area contributed by atoms with Gasteiger partial charge in [-0.05, 0) is 18.8 Å². The Hall–Kier alpha value is -1.12. The van der Waals surface area contributed by atoms with E-state index < -0.39 is 0 Å². The number of nitrogens with one attached hydrogen (secondary N) is 1. The third kappa shape index (κ3) is 2.86. The van der Waals surface area contributed by atoms with Crippen LogP contribution in [0.1, 0.15) is 12.8 Å². The van der Waals surface area contributed by atoms with Crippen molar-refractivity contribution in [2.24, 2.45) is 5.92 Å². The monoisotopic (exact) mass is 166 g/mol. The minimum absolute atomic E-state index is 0.429. The van der Waals surface area contributed by atoms with Gasteiger partial charge in [-0.15, -0.1) is 0 Å². The average Bonchev–Trinajstić information content (AvgIpc) is 2.84. The van der Waals surface area contributed by atoms with Crippen molar-refractivity contribution in [1.82, 2.24) is 4.90 Å². The van der Waals surface area contributed by atoms with E-state index in [1.807, 2.05) is 11.9 Å². The molecular weight excluding hydrogens is 152 g/mol. The molecule has 3 nitrogen and oxygen atoms in total. The SMILES string of the molecule is CN(/C=C(\C=N)C=O)CC1CC1. The molecule has 0 aliphatic heterocycles. The van der Waals surface area contributed by atoms with Crippen LogP contribution in [-0.2, 0) is 4.79 Å². The highest BCUT2D eigenvalue weighted by Gasteiger charge is 2.21. The fraction of sp³-hybridized carbons (Fsp3) is 0.556. The fourth-order valence-electron chi connectivity index (χ4n) is 1.12. The van der Waals surface area contributed by atoms with Crippen LogP contribution >= 0.6 is 0 Å². The molecule has 1 fully saturated rings. The summed E-state index contributed by atoms with van der Waals surface area (Å²) >= 11 is 0. The largest absolute Gasteiger partial charge is 0.380 e. The Bertz CT molecular complexity index is 197. The van der Waals surface area contributed by atoms with E-state index in [9.17, 15) is 4.79 Å². The maximum atomic E-state index is 10.3. The molecule has 0 bridgehead atoms. The number of rotatable bonds is 5. The second-order valence-corrected chi connectivity index (χ2v) is 3.27. The molecule has 3 heteroatoms. The Labute approximate surface area is 72.6 Å². The summed E-state index contributed by atoms with van der Waals surface area (Å²) in [6.07, 6.45) is 6.11. The highest BCUT2D eigenvalue weighted by molar-refractivity contribution is 6.00. The maximum absolute atomic E-state index is 10.3. The Morgan fingerprint density at radius 3 is 2.75 bits per heavy atom. The zero-order valence-electron chi connectivity index (χ0n) is 7.29. The van der Waals surface area contributed by atoms with E-state index in [2.05, 4.69) is 0 Å². The van der Waals surface area contributed by atoms with Crippen molar-refractivity contribution in [3.05, 3.63) is 11.8 Å². The Morgan fingerprint density at radius 2 is 2.33 bits per heavy atom. The predicted octanol–water partition coefficient (Wildman–Crippen LogP) is 1.06. The molecule has 1 rings (SSSR count). The lowest BCUT2D eigenvalue weighted by Crippen LogP contribution is -2.15. The van der Waals surface area contributed by atoms with Crippen molar-refractivity contribution in [2.75, 3.05) is 13.6 Å². The first-order chi connectivity index (χ1) is 5.76. The van der Waals surface area contributed by atoms with Gasteiger partial charge in [0.25, 0.3) is 0 Å². The van der Waals surface area contributed by atoms with Crippen LogP contribution in [0.25, 0.3) is 0 Å². The molecule has 1 N–H and O–H groups in total. The highest BCUT2D eigenvalue weighted by atomic mass is 16.1. The van der Waals surface area contributed by atoms with E-state index in [0.29, 0.717) is 11.9 Å². The van der Waals surface area contributed by atoms with Crippen molar-refractivity contribution in [1.29, 1.82) is 5.41 Å². The van der Waals surface area contributed by atoms with Crippen LogP contribution in [0.4, 0.5) is 0 Å². The van der Waals surface area contributed by atoms with Gasteiger partial charge in [-0.2, -0.15) is 0 Å². The van der Waals surface area contributed by atoms with Gasteiger partial charge in [0, 0.05) is 31.6 Å². The van der Waals surface area contributed by atoms with E-state index in [1.165, 1.54) is 12.8 Å². The topological polar surface area (TPSA) is 44.2 Å². The van der Waals surface area contributed by atoms with Gasteiger partial charge < -0.3 is 10.3 Å². The van der Waals surface area contributed by atoms with Gasteiger partial charge in [-0.1, -0.05) is 0 Å². The normalized spacial score (nSPS) is 17.2. The lowest BCUT2D eigenvalue weighted by Gasteiger charge is -2.12. The molecule has 1 aliphatic rings. The van der Waals surface area contributed by atoms with Crippen LogP contribution < -0.4 is 0 Å². The van der Waals surface area contributed by atoms with Crippen molar-refractivity contribution in [3.8, 4) is 0 Å². The molecule has 0 aromatic heterocycles. The van der Waals surface area contributed by atoms with E-state index in [-0.39, 0.29) is 0 Å². The quantitative estimate of drug-likeness (QED) is 0.377. The number of carbonyl (C=O) groups excluding carboxylic acids is 1. The molecule has 12 heavy (non-hydrogen) atoms. The summed E-state index contributed by atoms with van der Waals surface area (Å²) in [5, 5.41) is 6.90. The lowest BCUT2D eigenvalue weighted by atomic mass is 10.3. The summed E-state index contributed by atoms with van der Waals surface area (Å²) in [5.74, 6) is 0.810. The summed E-state index contributed by atoms with van der Waals surface area (Å²) < 4.78 is 0. The zero-order valence-corrected chi connectivity index (χ0v) is 7.29. The number of nitrogens with zero attached hydrogens (tertiary/aromatic N) is 1. The standard InChI is InChI=1S/C9H14N2O/c1-11(5-8-2-3-8)6-9(4-10)7-12/h4,6-8,10H,2-3,5H2,1H3/b9-6+,10-4?. The number of carbonyl (C=O) groups is 1. The van der Waals surface area contributed by atoms with Crippen molar-refractivity contribution in [2.45, 2.75) is 12.8 Å². The van der Waals surface area contributed by atoms with E-state index in [0.717, 1.165) is 18.7 Å². The molecule has 0 amide bonds. The highest BCUT2D eigenvalue weighted by Crippen LogP contribution is 2.29. The molecule has 66 valence electrons. The lowest BCUT2D eigenvalue weighted by molar-refractivity contribution is -0.104. The van der Waals surface area contributed by atoms with Crippen LogP contribution in [0.3, 0.4) is 0 Å². The third-order valence-electron chi connectivity index (χ3n) is 1.92. The maximum Gasteiger partial charge on any atom is 0.153 e. The molecule has 0 aromatic rings. The minimum Gasteiger partial charge on any atom is -0.380 e. The van der Waals surface area contributed by atoms with Gasteiger partial charge in [-0.3, -0.25) is 4.79 Å². The molecule has 1 aliphatic carbocycles. The molecule has 0 radical (unpaired) electrons. The van der Waals surface area contributed by atoms with Crippen molar-refractivity contribution >= 4 is 12.5 Å². The smallest absolute Gasteiger partial charge is 0.153 e. The number of hydrogen-bond acceptors (Lipinski definition) is 3. The average molecular weight is 166 g/mol. The first kappa shape index (κ1) is 8.97. The van der Waals surface area contributed by atoms with Gasteiger partial charge in [-0.25, -0.2) is 0 Å². The van der Waals surface area contributed by atoms with Crippen LogP contribution in [0.5, 0.6) is 0 Å². The molecule has 0 atom stereocenters. The molecule has 0 saturated heterocycles. The first-order valence-corrected chi connectivity index (χ1v) is 4.14. The second kappa shape index (κ2) is 4.04. The minimum atomic E-state index is 0.429. The van der Waals surface area contributed by atoms with Crippen LogP contribution in [0, 0.1) is 11.3 Å². The summed E-state index contributed by atoms with van der Waals surface area (Å²) in [5.41, 5.74) is 0.429. The molecular formula is C9H14N2O. The first-order valence-electron chi connectivity index (χ1n) is 4.14. The Morgan fingerprint density at radius 1 is 1.67 bits per heavy atom. The van der Waals surface area contributed by atoms with Crippen LogP contribution in [-0.4, -0.2) is 31.0 Å². The van der Waals surface area contributed by atoms with E-state index in [1.54, 1.807) is 6.20 Å². The Kier molecular flexibility index (Phi) is 3.02. The molecule has 0 aromatic carbocycles. The van der Waals surface area contributed by atoms with Gasteiger partial charge >= 0.3 is 0 Å². The predicted molar refractivity (Wildman–Crippen MR) is 48.3 cm³/mol. The zero-order chi connectivity index (χ0) is 8.97. The summed E-state index contributed by atoms with van der Waals surface area (Å²) in [7, 11) is 1.94. The summed E-state index contributed by atoms with van der Waals surface area (Å²) in [4.78, 5) is 12.3. The number of aldehydes is 1.